The van der Waals surface area contributed by atoms with Crippen LogP contribution in [0.3, 0.4) is 0 Å². The first-order chi connectivity index (χ1) is 19.5. The minimum Gasteiger partial charge on any atom is -0.371 e. The molecule has 1 spiro atoms. The van der Waals surface area contributed by atoms with Gasteiger partial charge in [-0.1, -0.05) is 51.8 Å². The summed E-state index contributed by atoms with van der Waals surface area (Å²) < 4.78 is 24.0. The molecule has 0 radical (unpaired) electrons. The molecule has 4 fully saturated rings. The zero-order chi connectivity index (χ0) is 30.2. The maximum Gasteiger partial charge on any atom is 0.223 e. The van der Waals surface area contributed by atoms with E-state index in [1.54, 1.807) is 0 Å². The Labute approximate surface area is 301 Å². The van der Waals surface area contributed by atoms with E-state index in [1.807, 2.05) is 13.8 Å². The molecule has 242 valence electrons. The summed E-state index contributed by atoms with van der Waals surface area (Å²) in [5, 5.41) is 0. The van der Waals surface area contributed by atoms with Gasteiger partial charge >= 0.3 is 56.5 Å². The molecule has 5 aliphatic rings. The third kappa shape index (κ3) is 10.9. The Balaban J connectivity index is 0.000000263. The molecule has 4 heterocycles. The van der Waals surface area contributed by atoms with Crippen molar-refractivity contribution in [3.63, 3.8) is 0 Å². The van der Waals surface area contributed by atoms with E-state index in [2.05, 4.69) is 75.5 Å². The largest absolute Gasteiger partial charge is 0.371 e. The van der Waals surface area contributed by atoms with Crippen LogP contribution in [-0.2, 0) is 23.7 Å². The van der Waals surface area contributed by atoms with Crippen LogP contribution in [0.25, 0.3) is 4.85 Å². The molecule has 42 heavy (non-hydrogen) atoms. The van der Waals surface area contributed by atoms with E-state index in [-0.39, 0.29) is 71.9 Å². The fraction of sp³-hybridized carbons (Fsp3) is 0.812. The SMILES string of the molecule is C=C1C[C@H](CCCC)O[C@H]1CCC1C[C@@H](C)C(=O)O1.I.I[I-]I.[C-]#[N+][C@H](C)C[C@H]1CC[C@@H]2O[C@@H]3C[C@]2(C=C(C)C3C)O1. The maximum atomic E-state index is 11.3. The van der Waals surface area contributed by atoms with Gasteiger partial charge in [0.2, 0.25) is 6.04 Å². The van der Waals surface area contributed by atoms with Crippen molar-refractivity contribution in [2.24, 2.45) is 11.8 Å². The summed E-state index contributed by atoms with van der Waals surface area (Å²) in [5.74, 6) is 0.535. The molecule has 5 rings (SSSR count). The van der Waals surface area contributed by atoms with Crippen molar-refractivity contribution in [1.82, 2.24) is 0 Å². The van der Waals surface area contributed by atoms with Crippen LogP contribution in [0.1, 0.15) is 105 Å². The number of fused-ring (bicyclic) bond motifs is 1. The second-order valence-corrected chi connectivity index (χ2v) is 28.9. The minimum atomic E-state index is -0.189. The Kier molecular flexibility index (Phi) is 18.0. The number of esters is 1. The van der Waals surface area contributed by atoms with E-state index < -0.39 is 0 Å². The van der Waals surface area contributed by atoms with Crippen molar-refractivity contribution < 1.29 is 37.0 Å². The van der Waals surface area contributed by atoms with Crippen molar-refractivity contribution in [2.45, 2.75) is 154 Å². The Morgan fingerprint density at radius 1 is 1.17 bits per heavy atom. The van der Waals surface area contributed by atoms with Gasteiger partial charge in [-0.15, -0.1) is 24.0 Å². The Morgan fingerprint density at radius 2 is 1.88 bits per heavy atom. The first-order valence-electron chi connectivity index (χ1n) is 15.4. The van der Waals surface area contributed by atoms with E-state index >= 15 is 0 Å². The molecule has 0 aromatic rings. The Morgan fingerprint density at radius 3 is 2.50 bits per heavy atom. The summed E-state index contributed by atoms with van der Waals surface area (Å²) in [6.45, 7) is 21.8. The van der Waals surface area contributed by atoms with Gasteiger partial charge < -0.3 is 23.8 Å². The van der Waals surface area contributed by atoms with E-state index in [0.717, 1.165) is 57.8 Å². The normalized spacial score (nSPS) is 37.1. The standard InChI is InChI=1S/C16H23NO2.C16H26O3.I3.HI/c1-10-8-16-9-14(12(10)3)18-15(16)6-5-13(19-16)7-11(2)17-4;1-4-5-6-13-9-11(2)15(18-13)8-7-14-10-12(3)16(17)19-14;1-3-2;/h8,11-15H,5-7,9H2,1-3H3;12-15H,2,4-10H2,1,3H3;;1H/q;;-1;/t11-,12?,13-,14-,15+,16+;12-,13+,14?,15+;;/m11../s1. The quantitative estimate of drug-likeness (QED) is 0.123. The van der Waals surface area contributed by atoms with Gasteiger partial charge in [0, 0.05) is 25.7 Å². The molecule has 2 bridgehead atoms. The molecule has 10 atom stereocenters. The summed E-state index contributed by atoms with van der Waals surface area (Å²) in [5.41, 5.74) is 2.43. The van der Waals surface area contributed by atoms with Crippen LogP contribution >= 0.6 is 61.2 Å². The number of halogens is 4. The van der Waals surface area contributed by atoms with Gasteiger partial charge in [-0.3, -0.25) is 4.79 Å². The van der Waals surface area contributed by atoms with Crippen molar-refractivity contribution in [3.05, 3.63) is 35.2 Å². The predicted molar refractivity (Wildman–Crippen MR) is 192 cm³/mol. The number of unbranched alkanes of at least 4 members (excludes halogenated alkanes) is 1. The monoisotopic (exact) mass is 1040 g/mol. The minimum absolute atomic E-state index is 0. The van der Waals surface area contributed by atoms with Crippen molar-refractivity contribution >= 4 is 67.2 Å². The Bertz CT molecular complexity index is 958. The van der Waals surface area contributed by atoms with Crippen LogP contribution in [0.2, 0.25) is 0 Å². The summed E-state index contributed by atoms with van der Waals surface area (Å²) in [6, 6.07) is 0.0589. The van der Waals surface area contributed by atoms with Gasteiger partial charge in [-0.2, -0.15) is 0 Å². The zero-order valence-electron chi connectivity index (χ0n) is 25.8. The molecular weight excluding hydrogens is 986 g/mol. The number of nitrogens with zero attached hydrogens (tertiary/aromatic N) is 1. The number of ether oxygens (including phenoxy) is 4. The van der Waals surface area contributed by atoms with Gasteiger partial charge in [0.1, 0.15) is 11.7 Å². The molecule has 0 saturated carbocycles. The average Bonchev–Trinajstić information content (AvgIpc) is 3.57. The van der Waals surface area contributed by atoms with Crippen LogP contribution in [-0.4, -0.2) is 54.2 Å². The van der Waals surface area contributed by atoms with E-state index in [4.69, 9.17) is 25.5 Å². The summed E-state index contributed by atoms with van der Waals surface area (Å²) in [7, 11) is 0. The van der Waals surface area contributed by atoms with Crippen LogP contribution in [0, 0.1) is 18.4 Å². The fourth-order valence-corrected chi connectivity index (χ4v) is 6.86. The van der Waals surface area contributed by atoms with Crippen LogP contribution in [0.5, 0.6) is 0 Å². The van der Waals surface area contributed by atoms with Gasteiger partial charge in [0.25, 0.3) is 0 Å². The molecule has 1 aliphatic carbocycles. The molecule has 0 aromatic carbocycles. The first kappa shape index (κ1) is 39.4. The number of hydrogen-bond donors (Lipinski definition) is 0. The molecule has 2 unspecified atom stereocenters. The number of cyclic esters (lactones) is 1. The van der Waals surface area contributed by atoms with E-state index in [0.29, 0.717) is 31.4 Å². The Hall–Kier alpha value is 1.24. The number of rotatable bonds is 8. The van der Waals surface area contributed by atoms with Gasteiger partial charge in [0.05, 0.1) is 36.4 Å². The molecule has 0 amide bonds. The van der Waals surface area contributed by atoms with Gasteiger partial charge in [-0.05, 0) is 57.4 Å². The molecule has 4 aliphatic heterocycles. The second kappa shape index (κ2) is 19.2. The van der Waals surface area contributed by atoms with E-state index in [1.165, 1.54) is 24.0 Å². The molecule has 10 heteroatoms. The first-order valence-corrected chi connectivity index (χ1v) is 27.9. The van der Waals surface area contributed by atoms with Gasteiger partial charge in [-0.25, -0.2) is 6.57 Å². The number of carbonyl (C=O) groups excluding carboxylic acids is 1. The van der Waals surface area contributed by atoms with Crippen LogP contribution in [0.15, 0.2) is 23.8 Å². The third-order valence-corrected chi connectivity index (χ3v) is 9.35. The number of hydrogen-bond acceptors (Lipinski definition) is 5. The van der Waals surface area contributed by atoms with Crippen molar-refractivity contribution in [2.75, 3.05) is 0 Å². The fourth-order valence-electron chi connectivity index (χ4n) is 6.86. The summed E-state index contributed by atoms with van der Waals surface area (Å²) >= 11 is 5.30. The third-order valence-electron chi connectivity index (χ3n) is 9.35. The topological polar surface area (TPSA) is 58.4 Å². The molecule has 0 aromatic heterocycles. The number of carbonyl (C=O) groups is 1. The second-order valence-electron chi connectivity index (χ2n) is 12.6. The molecule has 6 nitrogen and oxygen atoms in total. The summed E-state index contributed by atoms with van der Waals surface area (Å²) in [6.07, 6.45) is 15.0. The average molecular weight is 1040 g/mol. The van der Waals surface area contributed by atoms with Crippen molar-refractivity contribution in [3.8, 4) is 0 Å². The summed E-state index contributed by atoms with van der Waals surface area (Å²) in [4.78, 5) is 14.9. The molecule has 0 N–H and O–H groups in total. The van der Waals surface area contributed by atoms with Crippen LogP contribution < -0.4 is 13.3 Å². The maximum absolute atomic E-state index is 11.3. The smallest absolute Gasteiger partial charge is 0.223 e. The molecule has 4 saturated heterocycles. The van der Waals surface area contributed by atoms with Crippen molar-refractivity contribution in [1.29, 1.82) is 0 Å². The van der Waals surface area contributed by atoms with Crippen LogP contribution in [0.4, 0.5) is 0 Å². The predicted octanol–water partition coefficient (Wildman–Crippen LogP) is 6.37. The molecular formula is C32H50I4NO5-. The zero-order valence-corrected chi connectivity index (χ0v) is 34.6. The van der Waals surface area contributed by atoms with E-state index in [9.17, 15) is 4.79 Å². The van der Waals surface area contributed by atoms with Gasteiger partial charge in [0.15, 0.2) is 0 Å².